The van der Waals surface area contributed by atoms with Crippen molar-refractivity contribution in [1.82, 2.24) is 20.4 Å². The van der Waals surface area contributed by atoms with E-state index in [1.165, 1.54) is 6.42 Å². The summed E-state index contributed by atoms with van der Waals surface area (Å²) < 4.78 is 11.7. The van der Waals surface area contributed by atoms with Crippen LogP contribution in [-0.2, 0) is 6.54 Å². The van der Waals surface area contributed by atoms with Gasteiger partial charge in [-0.15, -0.1) is 10.2 Å². The molecule has 1 atom stereocenters. The highest BCUT2D eigenvalue weighted by Gasteiger charge is 2.23. The second-order valence-corrected chi connectivity index (χ2v) is 5.60. The Bertz CT molecular complexity index is 562. The first kappa shape index (κ1) is 13.8. The Hall–Kier alpha value is -1.18. The van der Waals surface area contributed by atoms with Gasteiger partial charge in [0.25, 0.3) is 5.89 Å². The number of hydrogen-bond acceptors (Lipinski definition) is 6. The Morgan fingerprint density at radius 1 is 1.40 bits per heavy atom. The molecule has 20 heavy (non-hydrogen) atoms. The predicted molar refractivity (Wildman–Crippen MR) is 77.1 cm³/mol. The van der Waals surface area contributed by atoms with E-state index in [1.54, 1.807) is 6.07 Å². The van der Waals surface area contributed by atoms with Crippen molar-refractivity contribution in [2.45, 2.75) is 25.9 Å². The van der Waals surface area contributed by atoms with E-state index in [9.17, 15) is 0 Å². The van der Waals surface area contributed by atoms with Crippen LogP contribution in [0.5, 0.6) is 0 Å². The lowest BCUT2D eigenvalue weighted by Crippen LogP contribution is -2.36. The summed E-state index contributed by atoms with van der Waals surface area (Å²) in [4.78, 5) is 2.36. The standard InChI is InChI=1S/C13H17BrN4O2/c1-2-18(9-5-6-15-7-9)8-12-16-17-13(20-12)10-3-4-11(14)19-10/h3-4,9,15H,2,5-8H2,1H3. The van der Waals surface area contributed by atoms with Crippen molar-refractivity contribution >= 4 is 15.9 Å². The maximum Gasteiger partial charge on any atom is 0.283 e. The number of likely N-dealkylation sites (N-methyl/N-ethyl adjacent to an activating group) is 1. The van der Waals surface area contributed by atoms with E-state index < -0.39 is 0 Å². The zero-order valence-electron chi connectivity index (χ0n) is 11.3. The van der Waals surface area contributed by atoms with Gasteiger partial charge in [0, 0.05) is 12.6 Å². The fourth-order valence-corrected chi connectivity index (χ4v) is 2.78. The molecule has 1 fully saturated rings. The minimum atomic E-state index is 0.423. The van der Waals surface area contributed by atoms with E-state index in [1.807, 2.05) is 6.07 Å². The molecule has 0 radical (unpaired) electrons. The third-order valence-corrected chi connectivity index (χ3v) is 3.97. The Kier molecular flexibility index (Phi) is 4.18. The highest BCUT2D eigenvalue weighted by atomic mass is 79.9. The highest BCUT2D eigenvalue weighted by Crippen LogP contribution is 2.24. The van der Waals surface area contributed by atoms with Crippen molar-refractivity contribution in [2.24, 2.45) is 0 Å². The molecule has 108 valence electrons. The van der Waals surface area contributed by atoms with Crippen molar-refractivity contribution in [3.63, 3.8) is 0 Å². The maximum absolute atomic E-state index is 5.68. The van der Waals surface area contributed by atoms with E-state index >= 15 is 0 Å². The van der Waals surface area contributed by atoms with Gasteiger partial charge in [0.05, 0.1) is 6.54 Å². The normalized spacial score (nSPS) is 19.1. The average molecular weight is 341 g/mol. The predicted octanol–water partition coefficient (Wildman–Crippen LogP) is 2.28. The SMILES string of the molecule is CCN(Cc1nnc(-c2ccc(Br)o2)o1)C1CCNC1. The van der Waals surface area contributed by atoms with Gasteiger partial charge >= 0.3 is 0 Å². The second-order valence-electron chi connectivity index (χ2n) is 4.81. The van der Waals surface area contributed by atoms with Crippen molar-refractivity contribution in [1.29, 1.82) is 0 Å². The summed E-state index contributed by atoms with van der Waals surface area (Å²) in [6.07, 6.45) is 1.17. The highest BCUT2D eigenvalue weighted by molar-refractivity contribution is 9.10. The summed E-state index contributed by atoms with van der Waals surface area (Å²) in [5, 5.41) is 11.5. The first-order chi connectivity index (χ1) is 9.76. The maximum atomic E-state index is 5.68. The largest absolute Gasteiger partial charge is 0.444 e. The first-order valence-corrected chi connectivity index (χ1v) is 7.58. The van der Waals surface area contributed by atoms with Crippen LogP contribution in [0.3, 0.4) is 0 Å². The molecule has 3 rings (SSSR count). The first-order valence-electron chi connectivity index (χ1n) is 6.79. The van der Waals surface area contributed by atoms with E-state index in [2.05, 4.69) is 43.3 Å². The number of hydrogen-bond donors (Lipinski definition) is 1. The molecular weight excluding hydrogens is 324 g/mol. The van der Waals surface area contributed by atoms with Gasteiger partial charge in [0.2, 0.25) is 5.89 Å². The number of rotatable bonds is 5. The molecule has 0 saturated carbocycles. The van der Waals surface area contributed by atoms with Crippen LogP contribution < -0.4 is 5.32 Å². The summed E-state index contributed by atoms with van der Waals surface area (Å²) >= 11 is 3.26. The molecule has 6 nitrogen and oxygen atoms in total. The number of aromatic nitrogens is 2. The van der Waals surface area contributed by atoms with Gasteiger partial charge in [-0.25, -0.2) is 0 Å². The van der Waals surface area contributed by atoms with Crippen molar-refractivity contribution in [3.05, 3.63) is 22.7 Å². The Morgan fingerprint density at radius 3 is 2.95 bits per heavy atom. The van der Waals surface area contributed by atoms with Crippen molar-refractivity contribution < 1.29 is 8.83 Å². The fraction of sp³-hybridized carbons (Fsp3) is 0.538. The van der Waals surface area contributed by atoms with Crippen LogP contribution in [0.1, 0.15) is 19.2 Å². The third kappa shape index (κ3) is 2.94. The van der Waals surface area contributed by atoms with Gasteiger partial charge in [-0.1, -0.05) is 6.92 Å². The van der Waals surface area contributed by atoms with E-state index in [0.717, 1.165) is 19.6 Å². The van der Waals surface area contributed by atoms with Gasteiger partial charge in [0.15, 0.2) is 10.4 Å². The number of halogens is 1. The zero-order valence-corrected chi connectivity index (χ0v) is 12.9. The molecule has 0 amide bonds. The molecule has 2 aromatic heterocycles. The third-order valence-electron chi connectivity index (χ3n) is 3.55. The van der Waals surface area contributed by atoms with Crippen molar-refractivity contribution in [3.8, 4) is 11.7 Å². The molecule has 1 unspecified atom stereocenters. The molecule has 2 aromatic rings. The van der Waals surface area contributed by atoms with Crippen LogP contribution in [0.15, 0.2) is 25.6 Å². The molecule has 1 aliphatic rings. The summed E-state index contributed by atoms with van der Waals surface area (Å²) in [7, 11) is 0. The lowest BCUT2D eigenvalue weighted by atomic mass is 10.2. The topological polar surface area (TPSA) is 67.3 Å². The molecule has 0 spiro atoms. The van der Waals surface area contributed by atoms with Crippen LogP contribution in [0.25, 0.3) is 11.7 Å². The molecule has 3 heterocycles. The average Bonchev–Trinajstić information content (AvgIpc) is 3.16. The van der Waals surface area contributed by atoms with Crippen LogP contribution in [0.2, 0.25) is 0 Å². The smallest absolute Gasteiger partial charge is 0.283 e. The van der Waals surface area contributed by atoms with Crippen LogP contribution in [-0.4, -0.2) is 40.8 Å². The number of nitrogens with zero attached hydrogens (tertiary/aromatic N) is 3. The monoisotopic (exact) mass is 340 g/mol. The Labute approximate surface area is 125 Å². The van der Waals surface area contributed by atoms with Gasteiger partial charge in [-0.3, -0.25) is 4.90 Å². The molecule has 0 aliphatic carbocycles. The second kappa shape index (κ2) is 6.07. The quantitative estimate of drug-likeness (QED) is 0.900. The molecule has 0 bridgehead atoms. The summed E-state index contributed by atoms with van der Waals surface area (Å²) in [6, 6.07) is 4.16. The van der Waals surface area contributed by atoms with Crippen LogP contribution in [0.4, 0.5) is 0 Å². The molecule has 7 heteroatoms. The Balaban J connectivity index is 1.69. The van der Waals surface area contributed by atoms with E-state index in [-0.39, 0.29) is 0 Å². The van der Waals surface area contributed by atoms with Gasteiger partial charge in [0.1, 0.15) is 0 Å². The molecule has 1 aliphatic heterocycles. The summed E-state index contributed by atoms with van der Waals surface area (Å²) in [6.45, 7) is 5.91. The summed E-state index contributed by atoms with van der Waals surface area (Å²) in [5.41, 5.74) is 0. The lowest BCUT2D eigenvalue weighted by molar-refractivity contribution is 0.191. The Morgan fingerprint density at radius 2 is 2.30 bits per heavy atom. The van der Waals surface area contributed by atoms with Crippen LogP contribution in [0, 0.1) is 0 Å². The fourth-order valence-electron chi connectivity index (χ4n) is 2.47. The molecule has 1 N–H and O–H groups in total. The van der Waals surface area contributed by atoms with Crippen LogP contribution >= 0.6 is 15.9 Å². The van der Waals surface area contributed by atoms with Gasteiger partial charge in [-0.05, 0) is 47.6 Å². The molecule has 1 saturated heterocycles. The van der Waals surface area contributed by atoms with E-state index in [4.69, 9.17) is 8.83 Å². The number of nitrogens with one attached hydrogen (secondary N) is 1. The summed E-state index contributed by atoms with van der Waals surface area (Å²) in [5.74, 6) is 1.63. The van der Waals surface area contributed by atoms with Crippen molar-refractivity contribution in [2.75, 3.05) is 19.6 Å². The minimum Gasteiger partial charge on any atom is -0.444 e. The van der Waals surface area contributed by atoms with Gasteiger partial charge in [-0.2, -0.15) is 0 Å². The lowest BCUT2D eigenvalue weighted by Gasteiger charge is -2.24. The minimum absolute atomic E-state index is 0.423. The number of furan rings is 1. The molecule has 0 aromatic carbocycles. The van der Waals surface area contributed by atoms with E-state index in [0.29, 0.717) is 34.8 Å². The zero-order chi connectivity index (χ0) is 13.9. The molecular formula is C13H17BrN4O2. The van der Waals surface area contributed by atoms with Gasteiger partial charge < -0.3 is 14.2 Å².